The average molecular weight is 275 g/mol. The van der Waals surface area contributed by atoms with E-state index >= 15 is 0 Å². The van der Waals surface area contributed by atoms with Gasteiger partial charge in [-0.15, -0.1) is 5.10 Å². The van der Waals surface area contributed by atoms with Gasteiger partial charge >= 0.3 is 0 Å². The van der Waals surface area contributed by atoms with E-state index in [2.05, 4.69) is 29.4 Å². The Morgan fingerprint density at radius 3 is 2.70 bits per heavy atom. The lowest BCUT2D eigenvalue weighted by molar-refractivity contribution is 0.388. The van der Waals surface area contributed by atoms with Gasteiger partial charge in [-0.2, -0.15) is 0 Å². The van der Waals surface area contributed by atoms with Crippen LogP contribution in [0, 0.1) is 6.92 Å². The third-order valence-corrected chi connectivity index (χ3v) is 3.09. The fraction of sp³-hybridized carbons (Fsp3) is 0.400. The van der Waals surface area contributed by atoms with Gasteiger partial charge in [0.15, 0.2) is 0 Å². The van der Waals surface area contributed by atoms with E-state index in [4.69, 9.17) is 9.47 Å². The molecule has 0 saturated carbocycles. The molecule has 0 aliphatic carbocycles. The molecule has 0 aliphatic heterocycles. The molecular formula is C15H21N3O2. The molecule has 0 aliphatic rings. The normalized spacial score (nSPS) is 12.2. The first kappa shape index (κ1) is 14.4. The molecule has 0 fully saturated rings. The van der Waals surface area contributed by atoms with Crippen LogP contribution in [0.15, 0.2) is 24.3 Å². The summed E-state index contributed by atoms with van der Waals surface area (Å²) < 4.78 is 11.3. The third-order valence-electron chi connectivity index (χ3n) is 3.09. The Morgan fingerprint density at radius 2 is 2.10 bits per heavy atom. The number of rotatable bonds is 6. The van der Waals surface area contributed by atoms with Crippen LogP contribution in [0.3, 0.4) is 0 Å². The predicted octanol–water partition coefficient (Wildman–Crippen LogP) is 3.19. The van der Waals surface area contributed by atoms with Gasteiger partial charge < -0.3 is 14.8 Å². The molecule has 1 atom stereocenters. The lowest BCUT2D eigenvalue weighted by Crippen LogP contribution is -2.19. The van der Waals surface area contributed by atoms with E-state index in [9.17, 15) is 0 Å². The van der Waals surface area contributed by atoms with Crippen molar-refractivity contribution in [2.24, 2.45) is 0 Å². The summed E-state index contributed by atoms with van der Waals surface area (Å²) in [5, 5.41) is 10.4. The summed E-state index contributed by atoms with van der Waals surface area (Å²) in [5.74, 6) is 2.12. The van der Waals surface area contributed by atoms with Crippen LogP contribution in [0.1, 0.15) is 31.1 Å². The highest BCUT2D eigenvalue weighted by Gasteiger charge is 2.17. The van der Waals surface area contributed by atoms with Gasteiger partial charge in [0.1, 0.15) is 11.5 Å². The van der Waals surface area contributed by atoms with Gasteiger partial charge in [0.25, 0.3) is 0 Å². The molecule has 5 heteroatoms. The Balaban J connectivity index is 2.35. The van der Waals surface area contributed by atoms with Crippen LogP contribution in [0.25, 0.3) is 0 Å². The highest BCUT2D eigenvalue weighted by atomic mass is 16.5. The van der Waals surface area contributed by atoms with Gasteiger partial charge in [-0.1, -0.05) is 13.0 Å². The molecule has 5 nitrogen and oxygen atoms in total. The maximum absolute atomic E-state index is 5.88. The van der Waals surface area contributed by atoms with Crippen molar-refractivity contribution in [3.8, 4) is 17.4 Å². The number of benzene rings is 1. The van der Waals surface area contributed by atoms with E-state index in [0.717, 1.165) is 29.3 Å². The minimum Gasteiger partial charge on any atom is -0.496 e. The fourth-order valence-corrected chi connectivity index (χ4v) is 2.18. The van der Waals surface area contributed by atoms with Crippen LogP contribution in [0.4, 0.5) is 0 Å². The number of ether oxygens (including phenoxy) is 2. The third kappa shape index (κ3) is 3.11. The molecule has 1 unspecified atom stereocenters. The zero-order chi connectivity index (χ0) is 14.5. The van der Waals surface area contributed by atoms with E-state index in [1.807, 2.05) is 31.2 Å². The molecule has 0 saturated heterocycles. The number of nitrogens with zero attached hydrogens (tertiary/aromatic N) is 1. The number of aromatic amines is 1. The average Bonchev–Trinajstić information content (AvgIpc) is 2.84. The lowest BCUT2D eigenvalue weighted by Gasteiger charge is -2.19. The maximum atomic E-state index is 5.88. The largest absolute Gasteiger partial charge is 0.496 e. The first-order valence-corrected chi connectivity index (χ1v) is 6.75. The monoisotopic (exact) mass is 275 g/mol. The summed E-state index contributed by atoms with van der Waals surface area (Å²) in [6.07, 6.45) is 0. The van der Waals surface area contributed by atoms with Crippen molar-refractivity contribution in [1.82, 2.24) is 15.5 Å². The Morgan fingerprint density at radius 1 is 1.35 bits per heavy atom. The fourth-order valence-electron chi connectivity index (χ4n) is 2.18. The second-order valence-corrected chi connectivity index (χ2v) is 4.64. The van der Waals surface area contributed by atoms with E-state index in [-0.39, 0.29) is 6.04 Å². The first-order chi connectivity index (χ1) is 9.65. The Labute approximate surface area is 119 Å². The molecule has 1 aromatic heterocycles. The van der Waals surface area contributed by atoms with Gasteiger partial charge in [-0.25, -0.2) is 0 Å². The smallest absolute Gasteiger partial charge is 0.238 e. The van der Waals surface area contributed by atoms with Crippen LogP contribution < -0.4 is 14.8 Å². The quantitative estimate of drug-likeness (QED) is 0.850. The second kappa shape index (κ2) is 6.43. The number of aryl methyl sites for hydroxylation is 1. The highest BCUT2D eigenvalue weighted by Crippen LogP contribution is 2.36. The summed E-state index contributed by atoms with van der Waals surface area (Å²) in [5.41, 5.74) is 1.96. The van der Waals surface area contributed by atoms with E-state index in [1.54, 1.807) is 7.11 Å². The molecule has 1 aromatic carbocycles. The van der Waals surface area contributed by atoms with E-state index in [0.29, 0.717) is 5.88 Å². The Bertz CT molecular complexity index is 566. The molecule has 0 bridgehead atoms. The molecule has 108 valence electrons. The molecule has 0 spiro atoms. The summed E-state index contributed by atoms with van der Waals surface area (Å²) in [7, 11) is 1.67. The van der Waals surface area contributed by atoms with Gasteiger partial charge in [0, 0.05) is 17.8 Å². The van der Waals surface area contributed by atoms with E-state index < -0.39 is 0 Å². The molecule has 2 rings (SSSR count). The molecule has 0 amide bonds. The molecule has 0 radical (unpaired) electrons. The van der Waals surface area contributed by atoms with Gasteiger partial charge in [0.2, 0.25) is 5.88 Å². The van der Waals surface area contributed by atoms with E-state index in [1.165, 1.54) is 0 Å². The number of aromatic nitrogens is 2. The van der Waals surface area contributed by atoms with Crippen molar-refractivity contribution in [3.63, 3.8) is 0 Å². The van der Waals surface area contributed by atoms with Crippen LogP contribution in [-0.4, -0.2) is 23.9 Å². The number of hydrogen-bond acceptors (Lipinski definition) is 4. The van der Waals surface area contributed by atoms with Crippen LogP contribution in [0.5, 0.6) is 17.4 Å². The van der Waals surface area contributed by atoms with Crippen molar-refractivity contribution >= 4 is 0 Å². The number of H-pyrrole nitrogens is 1. The van der Waals surface area contributed by atoms with Crippen LogP contribution in [0.2, 0.25) is 0 Å². The van der Waals surface area contributed by atoms with Crippen molar-refractivity contribution in [1.29, 1.82) is 0 Å². The molecule has 2 aromatic rings. The maximum Gasteiger partial charge on any atom is 0.238 e. The molecule has 1 heterocycles. The van der Waals surface area contributed by atoms with Crippen LogP contribution >= 0.6 is 0 Å². The first-order valence-electron chi connectivity index (χ1n) is 6.75. The van der Waals surface area contributed by atoms with Gasteiger partial charge in [-0.3, -0.25) is 5.10 Å². The number of nitrogens with one attached hydrogen (secondary N) is 2. The lowest BCUT2D eigenvalue weighted by atomic mass is 10.1. The summed E-state index contributed by atoms with van der Waals surface area (Å²) in [6, 6.07) is 7.77. The van der Waals surface area contributed by atoms with Gasteiger partial charge in [-0.05, 0) is 32.5 Å². The standard InChI is InChI=1S/C15H21N3O2/c1-5-16-11(3)15-12(19-4)7-6-8-13(15)20-14-9-10(2)17-18-14/h6-9,11,16H,5H2,1-4H3,(H,17,18). The zero-order valence-corrected chi connectivity index (χ0v) is 12.4. The van der Waals surface area contributed by atoms with Crippen molar-refractivity contribution in [2.75, 3.05) is 13.7 Å². The minimum atomic E-state index is 0.131. The highest BCUT2D eigenvalue weighted by molar-refractivity contribution is 5.48. The van der Waals surface area contributed by atoms with Gasteiger partial charge in [0.05, 0.1) is 12.7 Å². The molecule has 2 N–H and O–H groups in total. The number of hydrogen-bond donors (Lipinski definition) is 2. The molecule has 20 heavy (non-hydrogen) atoms. The minimum absolute atomic E-state index is 0.131. The SMILES string of the molecule is CCNC(C)c1c(OC)cccc1Oc1cc(C)[nH]n1. The summed E-state index contributed by atoms with van der Waals surface area (Å²) >= 11 is 0. The summed E-state index contributed by atoms with van der Waals surface area (Å²) in [4.78, 5) is 0. The van der Waals surface area contributed by atoms with Crippen molar-refractivity contribution < 1.29 is 9.47 Å². The predicted molar refractivity (Wildman–Crippen MR) is 78.5 cm³/mol. The van der Waals surface area contributed by atoms with Crippen molar-refractivity contribution in [3.05, 3.63) is 35.5 Å². The topological polar surface area (TPSA) is 59.2 Å². The second-order valence-electron chi connectivity index (χ2n) is 4.64. The Kier molecular flexibility index (Phi) is 4.63. The zero-order valence-electron chi connectivity index (χ0n) is 12.4. The van der Waals surface area contributed by atoms with Crippen LogP contribution in [-0.2, 0) is 0 Å². The van der Waals surface area contributed by atoms with Crippen molar-refractivity contribution in [2.45, 2.75) is 26.8 Å². The molecular weight excluding hydrogens is 254 g/mol. The summed E-state index contributed by atoms with van der Waals surface area (Å²) in [6.45, 7) is 6.97. The number of methoxy groups -OCH3 is 1. The Hall–Kier alpha value is -2.01.